The lowest BCUT2D eigenvalue weighted by atomic mass is 9.76. The van der Waals surface area contributed by atoms with E-state index in [-0.39, 0.29) is 10.8 Å². The largest absolute Gasteiger partial charge is 0.399 e. The molecule has 0 amide bonds. The summed E-state index contributed by atoms with van der Waals surface area (Å²) in [5, 5.41) is 0. The normalized spacial score (nSPS) is 18.5. The Morgan fingerprint density at radius 1 is 0.977 bits per heavy atom. The summed E-state index contributed by atoms with van der Waals surface area (Å²) in [6, 6.07) is 25.8. The van der Waals surface area contributed by atoms with Gasteiger partial charge < -0.3 is 10.6 Å². The van der Waals surface area contributed by atoms with E-state index in [1.54, 1.807) is 0 Å². The number of allylic oxidation sites excluding steroid dienone is 8. The Balaban J connectivity index is 1.55. The van der Waals surface area contributed by atoms with Crippen molar-refractivity contribution in [1.29, 1.82) is 0 Å². The van der Waals surface area contributed by atoms with Crippen molar-refractivity contribution in [2.75, 3.05) is 17.2 Å². The van der Waals surface area contributed by atoms with Gasteiger partial charge in [0.1, 0.15) is 0 Å². The van der Waals surface area contributed by atoms with Gasteiger partial charge in [0.25, 0.3) is 0 Å². The molecule has 2 aliphatic rings. The van der Waals surface area contributed by atoms with Crippen molar-refractivity contribution in [3.63, 3.8) is 0 Å². The van der Waals surface area contributed by atoms with Gasteiger partial charge in [0.2, 0.25) is 0 Å². The van der Waals surface area contributed by atoms with E-state index in [0.29, 0.717) is 0 Å². The Labute approximate surface area is 270 Å². The molecule has 0 saturated carbocycles. The van der Waals surface area contributed by atoms with Gasteiger partial charge in [-0.3, -0.25) is 0 Å². The number of fused-ring (bicyclic) bond motifs is 1. The quantitative estimate of drug-likeness (QED) is 0.196. The minimum absolute atomic E-state index is 0.0485. The molecule has 1 aliphatic carbocycles. The summed E-state index contributed by atoms with van der Waals surface area (Å²) in [5.74, 6) is 0. The van der Waals surface area contributed by atoms with Crippen molar-refractivity contribution in [3.8, 4) is 0 Å². The fourth-order valence-electron chi connectivity index (χ4n) is 6.65. The van der Waals surface area contributed by atoms with E-state index in [2.05, 4.69) is 138 Å². The first-order chi connectivity index (χ1) is 21.0. The van der Waals surface area contributed by atoms with E-state index in [4.69, 9.17) is 5.73 Å². The van der Waals surface area contributed by atoms with Crippen LogP contribution in [0.15, 0.2) is 136 Å². The highest BCUT2D eigenvalue weighted by atomic mass is 32.2. The van der Waals surface area contributed by atoms with Crippen LogP contribution in [0.2, 0.25) is 0 Å². The molecule has 1 aliphatic heterocycles. The highest BCUT2D eigenvalue weighted by molar-refractivity contribution is 8.03. The van der Waals surface area contributed by atoms with Crippen LogP contribution < -0.4 is 10.6 Å². The molecule has 3 aromatic carbocycles. The third-order valence-corrected chi connectivity index (χ3v) is 10.6. The van der Waals surface area contributed by atoms with E-state index in [0.717, 1.165) is 43.5 Å². The first-order valence-electron chi connectivity index (χ1n) is 16.0. The van der Waals surface area contributed by atoms with Crippen LogP contribution >= 0.6 is 11.8 Å². The van der Waals surface area contributed by atoms with Gasteiger partial charge in [-0.1, -0.05) is 114 Å². The Bertz CT molecular complexity index is 1650. The van der Waals surface area contributed by atoms with Crippen molar-refractivity contribution in [1.82, 2.24) is 0 Å². The Kier molecular flexibility index (Phi) is 9.46. The number of aryl methyl sites for hydroxylation is 1. The summed E-state index contributed by atoms with van der Waals surface area (Å²) < 4.78 is 0. The zero-order valence-electron chi connectivity index (χ0n) is 27.4. The van der Waals surface area contributed by atoms with E-state index < -0.39 is 0 Å². The zero-order chi connectivity index (χ0) is 31.5. The number of thioether (sulfide) groups is 1. The van der Waals surface area contributed by atoms with Gasteiger partial charge in [-0.15, -0.1) is 0 Å². The second-order valence-electron chi connectivity index (χ2n) is 13.2. The monoisotopic (exact) mass is 600 g/mol. The Morgan fingerprint density at radius 3 is 2.41 bits per heavy atom. The molecular weight excluding hydrogens is 553 g/mol. The highest BCUT2D eigenvalue weighted by Crippen LogP contribution is 2.48. The smallest absolute Gasteiger partial charge is 0.0450 e. The maximum Gasteiger partial charge on any atom is 0.0450 e. The molecule has 0 radical (unpaired) electrons. The maximum absolute atomic E-state index is 6.05. The third kappa shape index (κ3) is 6.40. The third-order valence-electron chi connectivity index (χ3n) is 9.37. The van der Waals surface area contributed by atoms with Crippen molar-refractivity contribution >= 4 is 23.1 Å². The number of para-hydroxylation sites is 1. The number of nitrogens with two attached hydrogens (primary N) is 1. The standard InChI is InChI=1S/C41H48N2S/c1-8-28-43-37-19-12-11-18-36(37)41(6,7)38(43)27-22-32-16-13-15-31(39(32)44-34-25-23-33(42)24-26-34)21-20-30(3)40(4,5)35-17-10-9-14-29(35)2/h9-12,14,17-27H,3,8,13,15-16,28,42H2,1-2,4-7H3/b21-20+,32-22+,38-27+. The first-order valence-corrected chi connectivity index (χ1v) is 16.8. The van der Waals surface area contributed by atoms with Gasteiger partial charge in [-0.25, -0.2) is 0 Å². The van der Waals surface area contributed by atoms with Crippen molar-refractivity contribution in [2.45, 2.75) is 83.0 Å². The van der Waals surface area contributed by atoms with E-state index in [9.17, 15) is 0 Å². The summed E-state index contributed by atoms with van der Waals surface area (Å²) in [7, 11) is 0. The Morgan fingerprint density at radius 2 is 1.68 bits per heavy atom. The van der Waals surface area contributed by atoms with Crippen LogP contribution in [-0.4, -0.2) is 6.54 Å². The van der Waals surface area contributed by atoms with E-state index in [1.807, 2.05) is 23.9 Å². The van der Waals surface area contributed by atoms with Gasteiger partial charge in [-0.2, -0.15) is 0 Å². The zero-order valence-corrected chi connectivity index (χ0v) is 28.2. The summed E-state index contributed by atoms with van der Waals surface area (Å²) in [6.45, 7) is 19.3. The minimum atomic E-state index is -0.157. The molecular formula is C41H48N2S. The lowest BCUT2D eigenvalue weighted by Crippen LogP contribution is -2.26. The van der Waals surface area contributed by atoms with E-state index in [1.165, 1.54) is 49.0 Å². The number of hydrogen-bond acceptors (Lipinski definition) is 3. The van der Waals surface area contributed by atoms with E-state index >= 15 is 0 Å². The highest BCUT2D eigenvalue weighted by Gasteiger charge is 2.39. The second-order valence-corrected chi connectivity index (χ2v) is 14.3. The van der Waals surface area contributed by atoms with Crippen LogP contribution in [0.4, 0.5) is 11.4 Å². The van der Waals surface area contributed by atoms with Gasteiger partial charge in [0.05, 0.1) is 0 Å². The fraction of sp³-hybridized carbons (Fsp3) is 0.317. The molecule has 0 saturated heterocycles. The molecule has 0 spiro atoms. The van der Waals surface area contributed by atoms with Crippen LogP contribution in [0, 0.1) is 6.92 Å². The molecule has 0 fully saturated rings. The van der Waals surface area contributed by atoms with Gasteiger partial charge in [0.15, 0.2) is 0 Å². The minimum Gasteiger partial charge on any atom is -0.399 e. The van der Waals surface area contributed by atoms with Crippen molar-refractivity contribution < 1.29 is 0 Å². The molecule has 0 unspecified atom stereocenters. The van der Waals surface area contributed by atoms with Gasteiger partial charge in [0, 0.05) is 44.2 Å². The molecule has 2 nitrogen and oxygen atoms in total. The summed E-state index contributed by atoms with van der Waals surface area (Å²) in [5.41, 5.74) is 17.3. The molecule has 0 aromatic heterocycles. The molecule has 44 heavy (non-hydrogen) atoms. The van der Waals surface area contributed by atoms with Crippen LogP contribution in [-0.2, 0) is 10.8 Å². The number of benzene rings is 3. The molecule has 2 N–H and O–H groups in total. The number of hydrogen-bond donors (Lipinski definition) is 1. The predicted molar refractivity (Wildman–Crippen MR) is 193 cm³/mol. The fourth-order valence-corrected chi connectivity index (χ4v) is 7.76. The summed E-state index contributed by atoms with van der Waals surface area (Å²) in [6.07, 6.45) is 13.8. The molecule has 228 valence electrons. The molecule has 3 heteroatoms. The second kappa shape index (κ2) is 13.1. The van der Waals surface area contributed by atoms with Crippen molar-refractivity contribution in [2.24, 2.45) is 0 Å². The lowest BCUT2D eigenvalue weighted by molar-refractivity contribution is 0.629. The van der Waals surface area contributed by atoms with Gasteiger partial charge in [-0.05, 0) is 102 Å². The van der Waals surface area contributed by atoms with Crippen LogP contribution in [0.5, 0.6) is 0 Å². The SMILES string of the molecule is C=C(/C=C/C1=C(Sc2ccc(N)cc2)C(=C/C=C2/N(CCC)c3ccccc3C2(C)C)/CCC1)C(C)(C)c1ccccc1C. The molecule has 5 rings (SSSR count). The number of rotatable bonds is 9. The average molecular weight is 601 g/mol. The first kappa shape index (κ1) is 31.7. The predicted octanol–water partition coefficient (Wildman–Crippen LogP) is 11.2. The maximum atomic E-state index is 6.05. The average Bonchev–Trinajstić information content (AvgIpc) is 3.22. The number of nitrogen functional groups attached to an aromatic ring is 1. The summed E-state index contributed by atoms with van der Waals surface area (Å²) in [4.78, 5) is 5.09. The van der Waals surface area contributed by atoms with Crippen molar-refractivity contribution in [3.05, 3.63) is 148 Å². The van der Waals surface area contributed by atoms with Gasteiger partial charge >= 0.3 is 0 Å². The molecule has 0 atom stereocenters. The lowest BCUT2D eigenvalue weighted by Gasteiger charge is -2.28. The van der Waals surface area contributed by atoms with Crippen LogP contribution in [0.1, 0.15) is 77.0 Å². The number of nitrogens with zero attached hydrogens (tertiary/aromatic N) is 1. The molecule has 0 bridgehead atoms. The Hall–Kier alpha value is -3.69. The molecule has 1 heterocycles. The molecule has 3 aromatic rings. The van der Waals surface area contributed by atoms with Crippen LogP contribution in [0.25, 0.3) is 0 Å². The topological polar surface area (TPSA) is 29.3 Å². The summed E-state index contributed by atoms with van der Waals surface area (Å²) >= 11 is 1.86. The number of anilines is 2. The van der Waals surface area contributed by atoms with Crippen LogP contribution in [0.3, 0.4) is 0 Å².